The van der Waals surface area contributed by atoms with E-state index < -0.39 is 5.97 Å². The van der Waals surface area contributed by atoms with Crippen LogP contribution < -0.4 is 15.5 Å². The highest BCUT2D eigenvalue weighted by atomic mass is 16.4. The smallest absolute Gasteiger partial charge is 0.319 e. The maximum Gasteiger partial charge on any atom is 0.319 e. The fraction of sp³-hybridized carbons (Fsp3) is 0.625. The first-order valence-electron chi connectivity index (χ1n) is 7.92. The molecule has 1 unspecified atom stereocenters. The molecule has 1 aliphatic rings. The van der Waals surface area contributed by atoms with E-state index in [9.17, 15) is 14.7 Å². The van der Waals surface area contributed by atoms with Gasteiger partial charge in [0.25, 0.3) is 0 Å². The van der Waals surface area contributed by atoms with Gasteiger partial charge in [-0.25, -0.2) is 14.8 Å². The molecule has 2 rings (SSSR count). The number of carbonyl (C=O) groups excluding carboxylic acids is 1. The minimum atomic E-state index is -0.772. The fourth-order valence-corrected chi connectivity index (χ4v) is 3.32. The van der Waals surface area contributed by atoms with Gasteiger partial charge < -0.3 is 20.6 Å². The van der Waals surface area contributed by atoms with Crippen molar-refractivity contribution in [3.05, 3.63) is 12.4 Å². The summed E-state index contributed by atoms with van der Waals surface area (Å²) in [5, 5.41) is 14.8. The Morgan fingerprint density at radius 3 is 2.38 bits per heavy atom. The van der Waals surface area contributed by atoms with Crippen LogP contribution in [-0.4, -0.2) is 47.2 Å². The van der Waals surface area contributed by atoms with Crippen LogP contribution in [0.4, 0.5) is 16.4 Å². The molecule has 1 saturated carbocycles. The van der Waals surface area contributed by atoms with Crippen molar-refractivity contribution in [3.8, 4) is 0 Å². The van der Waals surface area contributed by atoms with Gasteiger partial charge in [0.1, 0.15) is 0 Å². The summed E-state index contributed by atoms with van der Waals surface area (Å²) in [5.41, 5.74) is 0.163. The van der Waals surface area contributed by atoms with E-state index in [1.165, 1.54) is 0 Å². The summed E-state index contributed by atoms with van der Waals surface area (Å²) in [4.78, 5) is 33.3. The summed E-state index contributed by atoms with van der Waals surface area (Å²) in [6, 6.07) is -0.476. The Bertz CT molecular complexity index is 615. The van der Waals surface area contributed by atoms with E-state index in [-0.39, 0.29) is 29.3 Å². The second-order valence-corrected chi connectivity index (χ2v) is 7.11. The molecule has 0 aromatic carbocycles. The van der Waals surface area contributed by atoms with Gasteiger partial charge in [0, 0.05) is 20.1 Å². The van der Waals surface area contributed by atoms with E-state index in [2.05, 4.69) is 20.6 Å². The van der Waals surface area contributed by atoms with Crippen LogP contribution in [0.3, 0.4) is 0 Å². The van der Waals surface area contributed by atoms with E-state index in [0.717, 1.165) is 0 Å². The number of urea groups is 1. The molecule has 0 spiro atoms. The summed E-state index contributed by atoms with van der Waals surface area (Å²) in [6.45, 7) is 5.77. The maximum absolute atomic E-state index is 12.1. The summed E-state index contributed by atoms with van der Waals surface area (Å²) in [5.74, 6) is -0.449. The van der Waals surface area contributed by atoms with Gasteiger partial charge in [0.05, 0.1) is 24.0 Å². The van der Waals surface area contributed by atoms with Gasteiger partial charge in [-0.2, -0.15) is 0 Å². The normalized spacial score (nSPS) is 22.9. The number of nitrogens with zero attached hydrogens (tertiary/aromatic N) is 3. The number of amides is 2. The van der Waals surface area contributed by atoms with Crippen LogP contribution in [0.15, 0.2) is 12.4 Å². The van der Waals surface area contributed by atoms with Gasteiger partial charge in [-0.1, -0.05) is 13.8 Å². The van der Waals surface area contributed by atoms with Gasteiger partial charge in [-0.15, -0.1) is 0 Å². The van der Waals surface area contributed by atoms with Gasteiger partial charge >= 0.3 is 12.0 Å². The monoisotopic (exact) mass is 335 g/mol. The standard InChI is InChI=1S/C16H25N5O3/c1-9(11-6-12(13(22)23)16(11,2)3)19-15(24)20-10-7-17-14(18-8-10)21(4)5/h7-9,11-12H,6H2,1-5H3,(H,22,23)(H2,19,20,24)/t9?,11-,12+/m0/s1. The molecule has 0 bridgehead atoms. The van der Waals surface area contributed by atoms with E-state index in [1.807, 2.05) is 34.9 Å². The Kier molecular flexibility index (Phi) is 4.96. The predicted octanol–water partition coefficient (Wildman–Crippen LogP) is 1.80. The molecule has 1 aromatic rings. The molecule has 3 N–H and O–H groups in total. The first kappa shape index (κ1) is 18.0. The van der Waals surface area contributed by atoms with Crippen molar-refractivity contribution in [2.45, 2.75) is 33.2 Å². The molecule has 1 aromatic heterocycles. The third-order valence-corrected chi connectivity index (χ3v) is 4.90. The number of anilines is 2. The van der Waals surface area contributed by atoms with Crippen molar-refractivity contribution in [1.82, 2.24) is 15.3 Å². The molecular formula is C16H25N5O3. The Hall–Kier alpha value is -2.38. The van der Waals surface area contributed by atoms with Gasteiger partial charge in [0.15, 0.2) is 0 Å². The first-order valence-corrected chi connectivity index (χ1v) is 7.92. The quantitative estimate of drug-likeness (QED) is 0.757. The lowest BCUT2D eigenvalue weighted by molar-refractivity contribution is -0.160. The number of nitrogens with one attached hydrogen (secondary N) is 2. The lowest BCUT2D eigenvalue weighted by atomic mass is 9.53. The number of rotatable bonds is 5. The lowest BCUT2D eigenvalue weighted by Crippen LogP contribution is -2.57. The third-order valence-electron chi connectivity index (χ3n) is 4.90. The number of carboxylic acids is 1. The van der Waals surface area contributed by atoms with Crippen molar-refractivity contribution < 1.29 is 14.7 Å². The number of hydrogen-bond acceptors (Lipinski definition) is 5. The predicted molar refractivity (Wildman–Crippen MR) is 91.0 cm³/mol. The molecule has 3 atom stereocenters. The molecule has 1 heterocycles. The Balaban J connectivity index is 1.89. The Morgan fingerprint density at radius 1 is 1.33 bits per heavy atom. The van der Waals surface area contributed by atoms with Crippen LogP contribution in [0.25, 0.3) is 0 Å². The second kappa shape index (κ2) is 6.62. The number of hydrogen-bond donors (Lipinski definition) is 3. The van der Waals surface area contributed by atoms with E-state index in [1.54, 1.807) is 17.3 Å². The molecule has 132 valence electrons. The zero-order valence-corrected chi connectivity index (χ0v) is 14.7. The molecule has 24 heavy (non-hydrogen) atoms. The van der Waals surface area contributed by atoms with Crippen molar-refractivity contribution >= 4 is 23.6 Å². The van der Waals surface area contributed by atoms with Crippen molar-refractivity contribution in [2.75, 3.05) is 24.3 Å². The Morgan fingerprint density at radius 2 is 1.92 bits per heavy atom. The number of carboxylic acid groups (broad SMARTS) is 1. The first-order chi connectivity index (χ1) is 11.1. The highest BCUT2D eigenvalue weighted by Gasteiger charge is 2.53. The van der Waals surface area contributed by atoms with Gasteiger partial charge in [-0.3, -0.25) is 4.79 Å². The molecule has 1 aliphatic carbocycles. The maximum atomic E-state index is 12.1. The second-order valence-electron chi connectivity index (χ2n) is 7.11. The van der Waals surface area contributed by atoms with Crippen molar-refractivity contribution in [2.24, 2.45) is 17.3 Å². The number of aromatic nitrogens is 2. The zero-order chi connectivity index (χ0) is 18.1. The van der Waals surface area contributed by atoms with E-state index in [0.29, 0.717) is 18.1 Å². The SMILES string of the molecule is CC(NC(=O)Nc1cnc(N(C)C)nc1)[C@@H]1C[C@H](C(=O)O)C1(C)C. The number of aliphatic carboxylic acids is 1. The minimum Gasteiger partial charge on any atom is -0.481 e. The third kappa shape index (κ3) is 3.58. The highest BCUT2D eigenvalue weighted by molar-refractivity contribution is 5.89. The van der Waals surface area contributed by atoms with Crippen LogP contribution >= 0.6 is 0 Å². The van der Waals surface area contributed by atoms with Crippen LogP contribution in [0.2, 0.25) is 0 Å². The average Bonchev–Trinajstić information content (AvgIpc) is 2.45. The minimum absolute atomic E-state index is 0.122. The van der Waals surface area contributed by atoms with Crippen molar-refractivity contribution in [1.29, 1.82) is 0 Å². The molecule has 8 heteroatoms. The molecule has 0 saturated heterocycles. The van der Waals surface area contributed by atoms with Gasteiger partial charge in [-0.05, 0) is 24.7 Å². The molecule has 2 amide bonds. The number of carbonyl (C=O) groups is 2. The van der Waals surface area contributed by atoms with Crippen molar-refractivity contribution in [3.63, 3.8) is 0 Å². The van der Waals surface area contributed by atoms with Gasteiger partial charge in [0.2, 0.25) is 5.95 Å². The molecular weight excluding hydrogens is 310 g/mol. The fourth-order valence-electron chi connectivity index (χ4n) is 3.32. The van der Waals surface area contributed by atoms with E-state index >= 15 is 0 Å². The summed E-state index contributed by atoms with van der Waals surface area (Å²) in [6.07, 6.45) is 3.66. The molecule has 8 nitrogen and oxygen atoms in total. The van der Waals surface area contributed by atoms with Crippen LogP contribution in [0, 0.1) is 17.3 Å². The highest BCUT2D eigenvalue weighted by Crippen LogP contribution is 2.52. The summed E-state index contributed by atoms with van der Waals surface area (Å²) >= 11 is 0. The van der Waals surface area contributed by atoms with Crippen LogP contribution in [0.1, 0.15) is 27.2 Å². The van der Waals surface area contributed by atoms with E-state index in [4.69, 9.17) is 0 Å². The molecule has 0 aliphatic heterocycles. The Labute approximate surface area is 141 Å². The molecule has 0 radical (unpaired) electrons. The van der Waals surface area contributed by atoms with Crippen LogP contribution in [-0.2, 0) is 4.79 Å². The van der Waals surface area contributed by atoms with Crippen LogP contribution in [0.5, 0.6) is 0 Å². The average molecular weight is 335 g/mol. The summed E-state index contributed by atoms with van der Waals surface area (Å²) in [7, 11) is 3.67. The largest absolute Gasteiger partial charge is 0.481 e. The zero-order valence-electron chi connectivity index (χ0n) is 14.7. The topological polar surface area (TPSA) is 107 Å². The lowest BCUT2D eigenvalue weighted by Gasteiger charge is -2.52. The molecule has 1 fully saturated rings. The summed E-state index contributed by atoms with van der Waals surface area (Å²) < 4.78 is 0.